The fourth-order valence-electron chi connectivity index (χ4n) is 3.61. The molecule has 1 N–H and O–H groups in total. The molecule has 34 heavy (non-hydrogen) atoms. The van der Waals surface area contributed by atoms with Crippen molar-refractivity contribution in [1.29, 1.82) is 0 Å². The van der Waals surface area contributed by atoms with Crippen molar-refractivity contribution in [3.05, 3.63) is 98.0 Å². The minimum absolute atomic E-state index is 0.227. The van der Waals surface area contributed by atoms with E-state index in [1.165, 1.54) is 33.4 Å². The van der Waals surface area contributed by atoms with Crippen molar-refractivity contribution in [3.63, 3.8) is 0 Å². The van der Waals surface area contributed by atoms with E-state index in [2.05, 4.69) is 27.3 Å². The highest BCUT2D eigenvalue weighted by Gasteiger charge is 2.19. The largest absolute Gasteiger partial charge is 0.338 e. The van der Waals surface area contributed by atoms with E-state index in [1.807, 2.05) is 66.0 Å². The fraction of sp³-hybridized carbons (Fsp3) is 0.250. The molecule has 7 nitrogen and oxygen atoms in total. The van der Waals surface area contributed by atoms with Crippen LogP contribution in [0, 0.1) is 6.92 Å². The topological polar surface area (TPSA) is 93.8 Å². The van der Waals surface area contributed by atoms with Gasteiger partial charge in [0.15, 0.2) is 0 Å². The lowest BCUT2D eigenvalue weighted by atomic mass is 10.1. The summed E-state index contributed by atoms with van der Waals surface area (Å²) in [4.78, 5) is 32.7. The van der Waals surface area contributed by atoms with E-state index in [1.54, 1.807) is 6.92 Å². The molecule has 0 spiro atoms. The Morgan fingerprint density at radius 3 is 2.56 bits per heavy atom. The zero-order chi connectivity index (χ0) is 23.5. The van der Waals surface area contributed by atoms with E-state index in [0.717, 1.165) is 11.1 Å². The Bertz CT molecular complexity index is 1390. The van der Waals surface area contributed by atoms with Gasteiger partial charge in [0, 0.05) is 22.6 Å². The maximum absolute atomic E-state index is 12.8. The van der Waals surface area contributed by atoms with E-state index in [-0.39, 0.29) is 12.1 Å². The molecule has 2 aromatic heterocycles. The molecule has 1 aliphatic rings. The molecule has 5 rings (SSSR count). The first kappa shape index (κ1) is 23.1. The number of nitrogens with one attached hydrogen (secondary N) is 1. The second-order valence-corrected chi connectivity index (χ2v) is 11.5. The smallest absolute Gasteiger partial charge is 0.329 e. The minimum atomic E-state index is -0.438. The third kappa shape index (κ3) is 5.03. The molecule has 0 unspecified atom stereocenters. The van der Waals surface area contributed by atoms with Gasteiger partial charge in [-0.1, -0.05) is 71.5 Å². The molecule has 0 aliphatic carbocycles. The highest BCUT2D eigenvalue weighted by Crippen LogP contribution is 2.45. The Kier molecular flexibility index (Phi) is 6.98. The molecule has 0 saturated carbocycles. The van der Waals surface area contributed by atoms with Gasteiger partial charge in [0.1, 0.15) is 0 Å². The van der Waals surface area contributed by atoms with Gasteiger partial charge in [-0.15, -0.1) is 23.5 Å². The van der Waals surface area contributed by atoms with Gasteiger partial charge < -0.3 is 9.51 Å². The van der Waals surface area contributed by atoms with Crippen molar-refractivity contribution in [1.82, 2.24) is 19.7 Å². The second-order valence-electron chi connectivity index (χ2n) is 7.76. The number of aromatic amines is 1. The molecule has 4 aromatic rings. The third-order valence-corrected chi connectivity index (χ3v) is 9.62. The number of aromatic nitrogens is 4. The maximum atomic E-state index is 12.8. The summed E-state index contributed by atoms with van der Waals surface area (Å²) in [6.45, 7) is 1.94. The van der Waals surface area contributed by atoms with Crippen LogP contribution in [-0.4, -0.2) is 31.2 Å². The molecule has 2 aromatic carbocycles. The molecular formula is C24H22N4O3S3. The second kappa shape index (κ2) is 10.3. The lowest BCUT2D eigenvalue weighted by Gasteiger charge is -2.09. The number of benzene rings is 2. The molecule has 10 heteroatoms. The number of hydrogen-bond donors (Lipinski definition) is 1. The van der Waals surface area contributed by atoms with Gasteiger partial charge in [-0.05, 0) is 18.1 Å². The summed E-state index contributed by atoms with van der Waals surface area (Å²) in [5.41, 5.74) is 2.83. The molecule has 1 aliphatic heterocycles. The monoisotopic (exact) mass is 510 g/mol. The lowest BCUT2D eigenvalue weighted by Crippen LogP contribution is -2.37. The average Bonchev–Trinajstić information content (AvgIpc) is 3.57. The number of nitrogens with zero attached hydrogens (tertiary/aromatic N) is 3. The molecule has 0 atom stereocenters. The van der Waals surface area contributed by atoms with Crippen molar-refractivity contribution < 1.29 is 4.52 Å². The molecule has 3 heterocycles. The van der Waals surface area contributed by atoms with E-state index in [9.17, 15) is 9.59 Å². The summed E-state index contributed by atoms with van der Waals surface area (Å²) < 4.78 is 7.12. The van der Waals surface area contributed by atoms with Gasteiger partial charge >= 0.3 is 5.69 Å². The average molecular weight is 511 g/mol. The number of H-pyrrole nitrogens is 1. The van der Waals surface area contributed by atoms with E-state index >= 15 is 0 Å². The Morgan fingerprint density at radius 1 is 1.09 bits per heavy atom. The van der Waals surface area contributed by atoms with Crippen LogP contribution in [0.3, 0.4) is 0 Å². The number of hydrogen-bond acceptors (Lipinski definition) is 8. The Hall–Kier alpha value is -2.69. The van der Waals surface area contributed by atoms with E-state index in [4.69, 9.17) is 4.52 Å². The van der Waals surface area contributed by atoms with Crippen molar-refractivity contribution in [2.24, 2.45) is 0 Å². The summed E-state index contributed by atoms with van der Waals surface area (Å²) in [7, 11) is 0. The standard InChI is InChI=1S/C24H22N4O3S3/c1-15-21(26-24(30)28(22(15)29)13-16-5-3-2-4-6-16)34-14-19-25-20(27-31-19)17-7-9-18(10-8-17)23-32-11-12-33-23/h2-10,23H,11-14H2,1H3,(H,26,30). The van der Waals surface area contributed by atoms with Crippen LogP contribution >= 0.6 is 35.3 Å². The van der Waals surface area contributed by atoms with E-state index in [0.29, 0.717) is 32.6 Å². The van der Waals surface area contributed by atoms with Crippen molar-refractivity contribution in [3.8, 4) is 11.4 Å². The fourth-order valence-corrected chi connectivity index (χ4v) is 7.32. The molecule has 1 saturated heterocycles. The van der Waals surface area contributed by atoms with Gasteiger partial charge in [0.25, 0.3) is 5.56 Å². The Balaban J connectivity index is 1.27. The first-order valence-corrected chi connectivity index (χ1v) is 13.8. The van der Waals surface area contributed by atoms with Crippen LogP contribution < -0.4 is 11.2 Å². The van der Waals surface area contributed by atoms with Crippen LogP contribution in [0.2, 0.25) is 0 Å². The summed E-state index contributed by atoms with van der Waals surface area (Å²) in [6.07, 6.45) is 0. The third-order valence-electron chi connectivity index (χ3n) is 5.43. The predicted octanol–water partition coefficient (Wildman–Crippen LogP) is 4.71. The Morgan fingerprint density at radius 2 is 1.82 bits per heavy atom. The van der Waals surface area contributed by atoms with Crippen LogP contribution in [0.1, 0.15) is 27.2 Å². The predicted molar refractivity (Wildman–Crippen MR) is 139 cm³/mol. The van der Waals surface area contributed by atoms with Gasteiger partial charge in [-0.25, -0.2) is 4.79 Å². The molecule has 0 bridgehead atoms. The summed E-state index contributed by atoms with van der Waals surface area (Å²) in [5, 5.41) is 4.61. The first-order chi connectivity index (χ1) is 16.6. The van der Waals surface area contributed by atoms with Crippen molar-refractivity contribution >= 4 is 35.3 Å². The van der Waals surface area contributed by atoms with Gasteiger partial charge in [-0.2, -0.15) is 4.98 Å². The summed E-state index contributed by atoms with van der Waals surface area (Å²) in [6, 6.07) is 17.7. The van der Waals surface area contributed by atoms with Gasteiger partial charge in [0.05, 0.1) is 21.9 Å². The van der Waals surface area contributed by atoms with Gasteiger partial charge in [0.2, 0.25) is 11.7 Å². The SMILES string of the molecule is Cc1c(SCc2nc(-c3ccc(C4SCCS4)cc3)no2)[nH]c(=O)n(Cc2ccccc2)c1=O. The lowest BCUT2D eigenvalue weighted by molar-refractivity contribution is 0.391. The zero-order valence-corrected chi connectivity index (χ0v) is 20.8. The van der Waals surface area contributed by atoms with E-state index < -0.39 is 5.69 Å². The first-order valence-electron chi connectivity index (χ1n) is 10.7. The molecule has 1 fully saturated rings. The van der Waals surface area contributed by atoms with Crippen molar-refractivity contribution in [2.75, 3.05) is 11.5 Å². The van der Waals surface area contributed by atoms with Crippen LogP contribution in [0.4, 0.5) is 0 Å². The summed E-state index contributed by atoms with van der Waals surface area (Å²) >= 11 is 5.24. The van der Waals surface area contributed by atoms with Crippen LogP contribution in [0.5, 0.6) is 0 Å². The van der Waals surface area contributed by atoms with Crippen molar-refractivity contribution in [2.45, 2.75) is 28.8 Å². The van der Waals surface area contributed by atoms with Gasteiger partial charge in [-0.3, -0.25) is 9.36 Å². The maximum Gasteiger partial charge on any atom is 0.329 e. The quantitative estimate of drug-likeness (QED) is 0.282. The highest BCUT2D eigenvalue weighted by molar-refractivity contribution is 8.19. The number of rotatable bonds is 7. The molecule has 0 amide bonds. The Labute approximate surface area is 208 Å². The summed E-state index contributed by atoms with van der Waals surface area (Å²) in [5.74, 6) is 3.68. The van der Waals surface area contributed by atoms with Crippen LogP contribution in [-0.2, 0) is 12.3 Å². The van der Waals surface area contributed by atoms with Crippen LogP contribution in [0.15, 0.2) is 73.7 Å². The molecular weight excluding hydrogens is 488 g/mol. The highest BCUT2D eigenvalue weighted by atomic mass is 32.2. The zero-order valence-electron chi connectivity index (χ0n) is 18.4. The van der Waals surface area contributed by atoms with Crippen LogP contribution in [0.25, 0.3) is 11.4 Å². The minimum Gasteiger partial charge on any atom is -0.338 e. The normalized spacial score (nSPS) is 14.0. The molecule has 174 valence electrons. The number of thioether (sulfide) groups is 3. The molecule has 0 radical (unpaired) electrons.